The molecule has 0 atom stereocenters. The van der Waals surface area contributed by atoms with Gasteiger partial charge in [-0.3, -0.25) is 10.1 Å². The molecule has 1 heterocycles. The Hall–Kier alpha value is -2.09. The lowest BCUT2D eigenvalue weighted by Crippen LogP contribution is -2.27. The van der Waals surface area contributed by atoms with E-state index in [2.05, 4.69) is 15.1 Å². The highest BCUT2D eigenvalue weighted by molar-refractivity contribution is 7.98. The second kappa shape index (κ2) is 6.57. The number of nitro groups is 1. The maximum Gasteiger partial charge on any atom is 0.294 e. The molecule has 0 bridgehead atoms. The summed E-state index contributed by atoms with van der Waals surface area (Å²) in [5, 5.41) is 14.2. The van der Waals surface area contributed by atoms with Crippen molar-refractivity contribution in [1.29, 1.82) is 0 Å². The van der Waals surface area contributed by atoms with Crippen molar-refractivity contribution in [3.05, 3.63) is 34.6 Å². The van der Waals surface area contributed by atoms with E-state index in [9.17, 15) is 10.1 Å². The first-order valence-electron chi connectivity index (χ1n) is 6.49. The molecule has 1 aliphatic heterocycles. The van der Waals surface area contributed by atoms with Crippen LogP contribution < -0.4 is 11.1 Å². The summed E-state index contributed by atoms with van der Waals surface area (Å²) in [6.07, 6.45) is 5.97. The van der Waals surface area contributed by atoms with E-state index in [-0.39, 0.29) is 11.4 Å². The predicted octanol–water partition coefficient (Wildman–Crippen LogP) is 1.99. The number of nitrogens with two attached hydrogens (primary N) is 1. The maximum absolute atomic E-state index is 11.0. The Labute approximate surface area is 127 Å². The van der Waals surface area contributed by atoms with E-state index >= 15 is 0 Å². The van der Waals surface area contributed by atoms with Crippen molar-refractivity contribution in [3.8, 4) is 0 Å². The van der Waals surface area contributed by atoms with Crippen LogP contribution >= 0.6 is 11.8 Å². The van der Waals surface area contributed by atoms with Crippen molar-refractivity contribution in [2.24, 2.45) is 0 Å². The molecule has 0 saturated carbocycles. The van der Waals surface area contributed by atoms with Gasteiger partial charge in [0.05, 0.1) is 17.3 Å². The van der Waals surface area contributed by atoms with Crippen molar-refractivity contribution in [2.75, 3.05) is 44.1 Å². The molecule has 114 valence electrons. The van der Waals surface area contributed by atoms with Gasteiger partial charge in [0.15, 0.2) is 0 Å². The lowest BCUT2D eigenvalue weighted by atomic mass is 10.2. The van der Waals surface area contributed by atoms with Crippen LogP contribution in [0.4, 0.5) is 17.1 Å². The van der Waals surface area contributed by atoms with E-state index in [0.717, 1.165) is 23.8 Å². The first-order valence-corrected chi connectivity index (χ1v) is 7.72. The summed E-state index contributed by atoms with van der Waals surface area (Å²) in [4.78, 5) is 15.7. The molecule has 1 aromatic rings. The predicted molar refractivity (Wildman–Crippen MR) is 86.3 cm³/mol. The Morgan fingerprint density at radius 2 is 2.24 bits per heavy atom. The van der Waals surface area contributed by atoms with Crippen LogP contribution in [0.2, 0.25) is 0 Å². The van der Waals surface area contributed by atoms with E-state index in [1.165, 1.54) is 17.8 Å². The monoisotopic (exact) mass is 309 g/mol. The third-order valence-corrected chi connectivity index (χ3v) is 3.97. The molecule has 1 aromatic carbocycles. The summed E-state index contributed by atoms with van der Waals surface area (Å²) < 4.78 is 0. The molecular weight excluding hydrogens is 290 g/mol. The molecule has 21 heavy (non-hydrogen) atoms. The number of anilines is 2. The van der Waals surface area contributed by atoms with Crippen molar-refractivity contribution in [3.63, 3.8) is 0 Å². The SMILES string of the molecule is CSc1cc(N)c([N+](=O)[O-])cc1NCCN1C=CN(C)C1. The first-order chi connectivity index (χ1) is 10.0. The zero-order valence-corrected chi connectivity index (χ0v) is 12.9. The lowest BCUT2D eigenvalue weighted by Gasteiger charge is -2.19. The lowest BCUT2D eigenvalue weighted by molar-refractivity contribution is -0.383. The molecular formula is C13H19N5O2S. The average Bonchev–Trinajstić information content (AvgIpc) is 2.85. The minimum absolute atomic E-state index is 0.0592. The van der Waals surface area contributed by atoms with Gasteiger partial charge in [-0.25, -0.2) is 0 Å². The fraction of sp³-hybridized carbons (Fsp3) is 0.385. The summed E-state index contributed by atoms with van der Waals surface area (Å²) in [5.41, 5.74) is 6.59. The Kier molecular flexibility index (Phi) is 4.79. The molecule has 2 rings (SSSR count). The van der Waals surface area contributed by atoms with Crippen LogP contribution in [0.15, 0.2) is 29.4 Å². The van der Waals surface area contributed by atoms with Gasteiger partial charge in [-0.05, 0) is 12.3 Å². The second-order valence-corrected chi connectivity index (χ2v) is 5.65. The van der Waals surface area contributed by atoms with Gasteiger partial charge in [-0.1, -0.05) is 0 Å². The van der Waals surface area contributed by atoms with Gasteiger partial charge in [0.2, 0.25) is 0 Å². The molecule has 0 aliphatic carbocycles. The first kappa shape index (κ1) is 15.3. The minimum atomic E-state index is -0.456. The Bertz CT molecular complexity index is 564. The molecule has 7 nitrogen and oxygen atoms in total. The van der Waals surface area contributed by atoms with Gasteiger partial charge in [0.1, 0.15) is 5.69 Å². The van der Waals surface area contributed by atoms with Gasteiger partial charge < -0.3 is 20.9 Å². The van der Waals surface area contributed by atoms with Crippen molar-refractivity contribution in [1.82, 2.24) is 9.80 Å². The number of nitrogen functional groups attached to an aromatic ring is 1. The Morgan fingerprint density at radius 1 is 1.48 bits per heavy atom. The van der Waals surface area contributed by atoms with E-state index in [1.54, 1.807) is 6.07 Å². The number of nitro benzene ring substituents is 1. The molecule has 1 aliphatic rings. The van der Waals surface area contributed by atoms with Crippen LogP contribution in [-0.2, 0) is 0 Å². The minimum Gasteiger partial charge on any atom is -0.393 e. The van der Waals surface area contributed by atoms with Gasteiger partial charge >= 0.3 is 0 Å². The standard InChI is InChI=1S/C13H19N5O2S/c1-16-5-6-17(9-16)4-3-15-11-8-12(18(19)20)10(14)7-13(11)21-2/h5-8,15H,3-4,9,14H2,1-2H3. The second-order valence-electron chi connectivity index (χ2n) is 4.80. The van der Waals surface area contributed by atoms with Crippen molar-refractivity contribution in [2.45, 2.75) is 4.90 Å². The average molecular weight is 309 g/mol. The zero-order valence-electron chi connectivity index (χ0n) is 12.1. The van der Waals surface area contributed by atoms with Crippen LogP contribution in [-0.4, -0.2) is 47.8 Å². The molecule has 3 N–H and O–H groups in total. The van der Waals surface area contributed by atoms with Crippen LogP contribution in [0.3, 0.4) is 0 Å². The van der Waals surface area contributed by atoms with Crippen LogP contribution in [0.25, 0.3) is 0 Å². The number of rotatable bonds is 6. The van der Waals surface area contributed by atoms with E-state index in [0.29, 0.717) is 6.54 Å². The number of nitrogens with zero attached hydrogens (tertiary/aromatic N) is 3. The van der Waals surface area contributed by atoms with Crippen molar-refractivity contribution < 1.29 is 4.92 Å². The molecule has 0 saturated heterocycles. The molecule has 0 spiro atoms. The quantitative estimate of drug-likeness (QED) is 0.359. The van der Waals surface area contributed by atoms with Crippen molar-refractivity contribution >= 4 is 28.8 Å². The topological polar surface area (TPSA) is 87.7 Å². The third kappa shape index (κ3) is 3.72. The molecule has 0 amide bonds. The molecule has 0 aromatic heterocycles. The van der Waals surface area contributed by atoms with Gasteiger partial charge in [0, 0.05) is 43.5 Å². The molecule has 0 radical (unpaired) electrons. The zero-order chi connectivity index (χ0) is 15.4. The Balaban J connectivity index is 2.03. The smallest absolute Gasteiger partial charge is 0.294 e. The van der Waals surface area contributed by atoms with Crippen LogP contribution in [0, 0.1) is 10.1 Å². The van der Waals surface area contributed by atoms with E-state index in [1.807, 2.05) is 25.7 Å². The number of benzene rings is 1. The van der Waals surface area contributed by atoms with Crippen LogP contribution in [0.5, 0.6) is 0 Å². The Morgan fingerprint density at radius 3 is 2.81 bits per heavy atom. The molecule has 8 heteroatoms. The largest absolute Gasteiger partial charge is 0.393 e. The van der Waals surface area contributed by atoms with Gasteiger partial charge in [-0.2, -0.15) is 0 Å². The van der Waals surface area contributed by atoms with E-state index in [4.69, 9.17) is 5.73 Å². The third-order valence-electron chi connectivity index (χ3n) is 3.20. The molecule has 0 unspecified atom stereocenters. The number of thioether (sulfide) groups is 1. The summed E-state index contributed by atoms with van der Waals surface area (Å²) >= 11 is 1.51. The van der Waals surface area contributed by atoms with Gasteiger partial charge in [0.25, 0.3) is 5.69 Å². The fourth-order valence-electron chi connectivity index (χ4n) is 2.12. The highest BCUT2D eigenvalue weighted by Gasteiger charge is 2.16. The van der Waals surface area contributed by atoms with Crippen LogP contribution in [0.1, 0.15) is 0 Å². The normalized spacial score (nSPS) is 13.8. The number of hydrogen-bond acceptors (Lipinski definition) is 7. The summed E-state index contributed by atoms with van der Waals surface area (Å²) in [6, 6.07) is 3.15. The molecule has 0 fully saturated rings. The van der Waals surface area contributed by atoms with Gasteiger partial charge in [-0.15, -0.1) is 11.8 Å². The maximum atomic E-state index is 11.0. The summed E-state index contributed by atoms with van der Waals surface area (Å²) in [6.45, 7) is 2.39. The fourth-order valence-corrected chi connectivity index (χ4v) is 2.71. The highest BCUT2D eigenvalue weighted by Crippen LogP contribution is 2.34. The number of hydrogen-bond donors (Lipinski definition) is 2. The summed E-state index contributed by atoms with van der Waals surface area (Å²) in [5.74, 6) is 0. The highest BCUT2D eigenvalue weighted by atomic mass is 32.2. The summed E-state index contributed by atoms with van der Waals surface area (Å²) in [7, 11) is 2.01. The number of nitrogens with one attached hydrogen (secondary N) is 1. The van der Waals surface area contributed by atoms with E-state index < -0.39 is 4.92 Å².